The molecule has 4 rings (SSSR count). The average molecular weight is 347 g/mol. The SMILES string of the molecule is NC(=S)c1cccc(-c2cn(-c3ccc[nH]3)c3cc(CO)ccc23)c1. The third kappa shape index (κ3) is 2.73. The van der Waals surface area contributed by atoms with Crippen LogP contribution in [0.25, 0.3) is 27.8 Å². The number of aromatic nitrogens is 2. The first kappa shape index (κ1) is 15.6. The van der Waals surface area contributed by atoms with E-state index in [0.29, 0.717) is 4.99 Å². The molecule has 25 heavy (non-hydrogen) atoms. The molecule has 0 aliphatic rings. The summed E-state index contributed by atoms with van der Waals surface area (Å²) < 4.78 is 2.09. The van der Waals surface area contributed by atoms with Gasteiger partial charge in [0.1, 0.15) is 10.8 Å². The Labute approximate surface area is 150 Å². The minimum absolute atomic E-state index is 0.0120. The summed E-state index contributed by atoms with van der Waals surface area (Å²) in [5.41, 5.74) is 10.7. The van der Waals surface area contributed by atoms with Crippen LogP contribution in [0.15, 0.2) is 67.0 Å². The highest BCUT2D eigenvalue weighted by molar-refractivity contribution is 7.80. The average Bonchev–Trinajstić information content (AvgIpc) is 3.28. The number of nitrogens with one attached hydrogen (secondary N) is 1. The lowest BCUT2D eigenvalue weighted by Gasteiger charge is -2.04. The Bertz CT molecular complexity index is 1060. The van der Waals surface area contributed by atoms with Gasteiger partial charge in [0.05, 0.1) is 12.1 Å². The lowest BCUT2D eigenvalue weighted by molar-refractivity contribution is 0.282. The second-order valence-corrected chi connectivity index (χ2v) is 6.36. The number of fused-ring (bicyclic) bond motifs is 1. The van der Waals surface area contributed by atoms with Crippen LogP contribution in [-0.2, 0) is 6.61 Å². The molecule has 0 saturated heterocycles. The van der Waals surface area contributed by atoms with Crippen molar-refractivity contribution in [1.82, 2.24) is 9.55 Å². The molecule has 0 fully saturated rings. The summed E-state index contributed by atoms with van der Waals surface area (Å²) in [5.74, 6) is 0.969. The van der Waals surface area contributed by atoms with E-state index in [1.54, 1.807) is 0 Å². The molecule has 4 nitrogen and oxygen atoms in total. The fourth-order valence-electron chi connectivity index (χ4n) is 3.11. The zero-order valence-corrected chi connectivity index (χ0v) is 14.3. The predicted octanol–water partition coefficient (Wildman–Crippen LogP) is 3.75. The molecule has 0 aliphatic carbocycles. The number of nitrogens with zero attached hydrogens (tertiary/aromatic N) is 1. The van der Waals surface area contributed by atoms with E-state index in [4.69, 9.17) is 18.0 Å². The second-order valence-electron chi connectivity index (χ2n) is 5.92. The van der Waals surface area contributed by atoms with Gasteiger partial charge in [-0.15, -0.1) is 0 Å². The number of benzene rings is 2. The van der Waals surface area contributed by atoms with Gasteiger partial charge in [-0.1, -0.05) is 42.5 Å². The molecule has 0 unspecified atom stereocenters. The van der Waals surface area contributed by atoms with Crippen molar-refractivity contribution in [2.45, 2.75) is 6.61 Å². The Morgan fingerprint density at radius 3 is 2.72 bits per heavy atom. The monoisotopic (exact) mass is 347 g/mol. The Kier molecular flexibility index (Phi) is 3.87. The molecule has 0 amide bonds. The molecule has 5 heteroatoms. The highest BCUT2D eigenvalue weighted by Crippen LogP contribution is 2.33. The maximum atomic E-state index is 9.49. The van der Waals surface area contributed by atoms with Gasteiger partial charge < -0.3 is 20.4 Å². The van der Waals surface area contributed by atoms with Crippen LogP contribution >= 0.6 is 12.2 Å². The summed E-state index contributed by atoms with van der Waals surface area (Å²) in [6.07, 6.45) is 3.99. The molecule has 2 heterocycles. The summed E-state index contributed by atoms with van der Waals surface area (Å²) >= 11 is 5.11. The van der Waals surface area contributed by atoms with Crippen molar-refractivity contribution in [3.8, 4) is 16.9 Å². The van der Waals surface area contributed by atoms with Crippen molar-refractivity contribution in [1.29, 1.82) is 0 Å². The van der Waals surface area contributed by atoms with E-state index in [-0.39, 0.29) is 6.61 Å². The standard InChI is InChI=1S/C20H17N3OS/c21-20(25)15-4-1-3-14(10-15)17-11-23(19-5-2-8-22-19)18-9-13(12-24)6-7-16(17)18/h1-11,22,24H,12H2,(H2,21,25). The lowest BCUT2D eigenvalue weighted by Crippen LogP contribution is -2.08. The summed E-state index contributed by atoms with van der Waals surface area (Å²) in [7, 11) is 0. The first-order valence-corrected chi connectivity index (χ1v) is 8.37. The van der Waals surface area contributed by atoms with Crippen LogP contribution < -0.4 is 5.73 Å². The van der Waals surface area contributed by atoms with Gasteiger partial charge in [-0.05, 0) is 35.4 Å². The third-order valence-corrected chi connectivity index (χ3v) is 4.59. The zero-order valence-electron chi connectivity index (χ0n) is 13.4. The molecular weight excluding hydrogens is 330 g/mol. The van der Waals surface area contributed by atoms with E-state index < -0.39 is 0 Å². The predicted molar refractivity (Wildman–Crippen MR) is 105 cm³/mol. The van der Waals surface area contributed by atoms with Gasteiger partial charge >= 0.3 is 0 Å². The van der Waals surface area contributed by atoms with Crippen LogP contribution in [0, 0.1) is 0 Å². The highest BCUT2D eigenvalue weighted by Gasteiger charge is 2.13. The van der Waals surface area contributed by atoms with Crippen LogP contribution in [0.1, 0.15) is 11.1 Å². The first-order chi connectivity index (χ1) is 12.2. The van der Waals surface area contributed by atoms with E-state index in [2.05, 4.69) is 21.8 Å². The quantitative estimate of drug-likeness (QED) is 0.493. The maximum Gasteiger partial charge on any atom is 0.114 e. The van der Waals surface area contributed by atoms with E-state index in [9.17, 15) is 5.11 Å². The molecule has 0 spiro atoms. The van der Waals surface area contributed by atoms with Crippen molar-refractivity contribution in [2.75, 3.05) is 0 Å². The van der Waals surface area contributed by atoms with Gasteiger partial charge in [0.25, 0.3) is 0 Å². The smallest absolute Gasteiger partial charge is 0.114 e. The molecular formula is C20H17N3OS. The molecule has 0 bridgehead atoms. The number of aromatic amines is 1. The van der Waals surface area contributed by atoms with E-state index >= 15 is 0 Å². The first-order valence-electron chi connectivity index (χ1n) is 7.96. The van der Waals surface area contributed by atoms with Crippen LogP contribution in [-0.4, -0.2) is 19.6 Å². The largest absolute Gasteiger partial charge is 0.392 e. The van der Waals surface area contributed by atoms with E-state index in [1.165, 1.54) is 0 Å². The molecule has 0 saturated carbocycles. The molecule has 4 aromatic rings. The number of hydrogen-bond donors (Lipinski definition) is 3. The number of H-pyrrole nitrogens is 1. The topological polar surface area (TPSA) is 67.0 Å². The molecule has 124 valence electrons. The summed E-state index contributed by atoms with van der Waals surface area (Å²) in [4.78, 5) is 3.62. The fraction of sp³-hybridized carbons (Fsp3) is 0.0500. The van der Waals surface area contributed by atoms with Gasteiger partial charge in [0.2, 0.25) is 0 Å². The molecule has 2 aromatic carbocycles. The van der Waals surface area contributed by atoms with Crippen molar-refractivity contribution >= 4 is 28.1 Å². The van der Waals surface area contributed by atoms with Crippen molar-refractivity contribution < 1.29 is 5.11 Å². The molecule has 4 N–H and O–H groups in total. The van der Waals surface area contributed by atoms with Crippen molar-refractivity contribution in [3.05, 3.63) is 78.1 Å². The Morgan fingerprint density at radius 2 is 2.00 bits per heavy atom. The van der Waals surface area contributed by atoms with E-state index in [0.717, 1.165) is 39.0 Å². The number of nitrogens with two attached hydrogens (primary N) is 1. The van der Waals surface area contributed by atoms with Crippen LogP contribution in [0.2, 0.25) is 0 Å². The zero-order chi connectivity index (χ0) is 17.4. The normalized spacial score (nSPS) is 11.1. The van der Waals surface area contributed by atoms with Crippen LogP contribution in [0.3, 0.4) is 0 Å². The second kappa shape index (κ2) is 6.20. The molecule has 2 aromatic heterocycles. The summed E-state index contributed by atoms with van der Waals surface area (Å²) in [6, 6.07) is 17.9. The van der Waals surface area contributed by atoms with Gasteiger partial charge in [-0.3, -0.25) is 0 Å². The Balaban J connectivity index is 1.99. The number of thiocarbonyl (C=S) groups is 1. The Hall–Kier alpha value is -2.89. The summed E-state index contributed by atoms with van der Waals surface area (Å²) in [5, 5.41) is 10.6. The van der Waals surface area contributed by atoms with E-state index in [1.807, 2.05) is 54.7 Å². The van der Waals surface area contributed by atoms with Gasteiger partial charge in [0.15, 0.2) is 0 Å². The number of aliphatic hydroxyl groups excluding tert-OH is 1. The molecule has 0 aliphatic heterocycles. The van der Waals surface area contributed by atoms with Crippen LogP contribution in [0.5, 0.6) is 0 Å². The highest BCUT2D eigenvalue weighted by atomic mass is 32.1. The maximum absolute atomic E-state index is 9.49. The number of hydrogen-bond acceptors (Lipinski definition) is 2. The number of aliphatic hydroxyl groups is 1. The minimum Gasteiger partial charge on any atom is -0.392 e. The van der Waals surface area contributed by atoms with Crippen molar-refractivity contribution in [2.24, 2.45) is 5.73 Å². The molecule has 0 radical (unpaired) electrons. The van der Waals surface area contributed by atoms with Gasteiger partial charge in [-0.25, -0.2) is 0 Å². The lowest BCUT2D eigenvalue weighted by atomic mass is 10.0. The number of rotatable bonds is 4. The van der Waals surface area contributed by atoms with Gasteiger partial charge in [-0.2, -0.15) is 0 Å². The van der Waals surface area contributed by atoms with Gasteiger partial charge in [0, 0.05) is 28.9 Å². The van der Waals surface area contributed by atoms with Crippen molar-refractivity contribution in [3.63, 3.8) is 0 Å². The van der Waals surface area contributed by atoms with Crippen LogP contribution in [0.4, 0.5) is 0 Å². The summed E-state index contributed by atoms with van der Waals surface area (Å²) in [6.45, 7) is 0.0120. The minimum atomic E-state index is 0.0120. The third-order valence-electron chi connectivity index (χ3n) is 4.35. The Morgan fingerprint density at radius 1 is 1.12 bits per heavy atom. The molecule has 0 atom stereocenters. The fourth-order valence-corrected chi connectivity index (χ4v) is 3.24.